The molecule has 1 aromatic heterocycles. The van der Waals surface area contributed by atoms with Gasteiger partial charge in [0.05, 0.1) is 0 Å². The molecular formula is C9H19N5O2S. The van der Waals surface area contributed by atoms with Crippen molar-refractivity contribution in [2.75, 3.05) is 17.8 Å². The molecule has 0 saturated carbocycles. The zero-order chi connectivity index (χ0) is 12.9. The second-order valence-corrected chi connectivity index (χ2v) is 5.42. The van der Waals surface area contributed by atoms with E-state index in [1.54, 1.807) is 6.92 Å². The fourth-order valence-corrected chi connectivity index (χ4v) is 2.72. The maximum atomic E-state index is 12.0. The van der Waals surface area contributed by atoms with Gasteiger partial charge < -0.3 is 0 Å². The van der Waals surface area contributed by atoms with Crippen molar-refractivity contribution in [1.82, 2.24) is 19.5 Å². The molecule has 1 rings (SSSR count). The van der Waals surface area contributed by atoms with Gasteiger partial charge in [0.15, 0.2) is 0 Å². The highest BCUT2D eigenvalue weighted by atomic mass is 32.2. The molecule has 17 heavy (non-hydrogen) atoms. The Bertz CT molecular complexity index is 436. The maximum absolute atomic E-state index is 12.0. The minimum Gasteiger partial charge on any atom is -0.261 e. The Labute approximate surface area is 102 Å². The SMILES string of the molecule is CCCN(CCC)S(=O)(=O)Nc1n[nH]c(C)n1. The van der Waals surface area contributed by atoms with E-state index in [9.17, 15) is 8.42 Å². The van der Waals surface area contributed by atoms with Crippen LogP contribution in [0, 0.1) is 6.92 Å². The number of H-pyrrole nitrogens is 1. The van der Waals surface area contributed by atoms with Crippen molar-refractivity contribution >= 4 is 16.2 Å². The molecule has 0 aliphatic carbocycles. The van der Waals surface area contributed by atoms with E-state index >= 15 is 0 Å². The molecule has 0 aliphatic rings. The molecule has 8 heteroatoms. The highest BCUT2D eigenvalue weighted by Crippen LogP contribution is 2.07. The first-order valence-corrected chi connectivity index (χ1v) is 7.10. The van der Waals surface area contributed by atoms with Crippen molar-refractivity contribution in [3.05, 3.63) is 5.82 Å². The smallest absolute Gasteiger partial charge is 0.261 e. The average molecular weight is 261 g/mol. The Morgan fingerprint density at radius 2 is 1.88 bits per heavy atom. The first-order chi connectivity index (χ1) is 7.99. The molecule has 0 radical (unpaired) electrons. The number of nitrogens with one attached hydrogen (secondary N) is 2. The fourth-order valence-electron chi connectivity index (χ4n) is 1.42. The Morgan fingerprint density at radius 1 is 1.29 bits per heavy atom. The molecule has 98 valence electrons. The minimum absolute atomic E-state index is 0.0831. The molecule has 1 aromatic rings. The lowest BCUT2D eigenvalue weighted by molar-refractivity contribution is 0.413. The number of anilines is 1. The number of rotatable bonds is 7. The standard InChI is InChI=1S/C9H19N5O2S/c1-4-6-14(7-5-2)17(15,16)13-9-10-8(3)11-12-9/h4-7H2,1-3H3,(H2,10,11,12,13). The summed E-state index contributed by atoms with van der Waals surface area (Å²) >= 11 is 0. The molecule has 0 atom stereocenters. The van der Waals surface area contributed by atoms with Gasteiger partial charge in [0.2, 0.25) is 0 Å². The van der Waals surface area contributed by atoms with Crippen molar-refractivity contribution < 1.29 is 8.42 Å². The summed E-state index contributed by atoms with van der Waals surface area (Å²) < 4.78 is 27.8. The van der Waals surface area contributed by atoms with Gasteiger partial charge in [0.25, 0.3) is 5.95 Å². The van der Waals surface area contributed by atoms with Crippen LogP contribution < -0.4 is 4.72 Å². The van der Waals surface area contributed by atoms with Gasteiger partial charge >= 0.3 is 10.2 Å². The largest absolute Gasteiger partial charge is 0.304 e. The van der Waals surface area contributed by atoms with Gasteiger partial charge in [-0.15, -0.1) is 5.10 Å². The van der Waals surface area contributed by atoms with Gasteiger partial charge in [-0.1, -0.05) is 13.8 Å². The normalized spacial score (nSPS) is 12.0. The lowest BCUT2D eigenvalue weighted by Gasteiger charge is -2.20. The van der Waals surface area contributed by atoms with Crippen LogP contribution in [0.2, 0.25) is 0 Å². The predicted molar refractivity (Wildman–Crippen MR) is 65.8 cm³/mol. The maximum Gasteiger partial charge on any atom is 0.304 e. The minimum atomic E-state index is -3.55. The lowest BCUT2D eigenvalue weighted by atomic mass is 10.4. The number of hydrogen-bond donors (Lipinski definition) is 2. The molecular weight excluding hydrogens is 242 g/mol. The average Bonchev–Trinajstić information content (AvgIpc) is 2.63. The Balaban J connectivity index is 2.77. The van der Waals surface area contributed by atoms with Gasteiger partial charge in [-0.3, -0.25) is 5.10 Å². The van der Waals surface area contributed by atoms with Crippen molar-refractivity contribution in [3.63, 3.8) is 0 Å². The zero-order valence-corrected chi connectivity index (χ0v) is 11.2. The van der Waals surface area contributed by atoms with E-state index in [1.165, 1.54) is 4.31 Å². The molecule has 0 aromatic carbocycles. The number of aryl methyl sites for hydroxylation is 1. The predicted octanol–water partition coefficient (Wildman–Crippen LogP) is 0.892. The van der Waals surface area contributed by atoms with Gasteiger partial charge in [-0.25, -0.2) is 4.72 Å². The summed E-state index contributed by atoms with van der Waals surface area (Å²) in [5.74, 6) is 0.653. The summed E-state index contributed by atoms with van der Waals surface area (Å²) in [7, 11) is -3.55. The summed E-state index contributed by atoms with van der Waals surface area (Å²) in [6, 6.07) is 0. The van der Waals surface area contributed by atoms with E-state index < -0.39 is 10.2 Å². The van der Waals surface area contributed by atoms with Crippen molar-refractivity contribution in [2.45, 2.75) is 33.6 Å². The van der Waals surface area contributed by atoms with Gasteiger partial charge in [-0.2, -0.15) is 17.7 Å². The van der Waals surface area contributed by atoms with Crippen LogP contribution in [0.5, 0.6) is 0 Å². The summed E-state index contributed by atoms with van der Waals surface area (Å²) in [4.78, 5) is 3.91. The fraction of sp³-hybridized carbons (Fsp3) is 0.778. The zero-order valence-electron chi connectivity index (χ0n) is 10.4. The van der Waals surface area contributed by atoms with Crippen LogP contribution in [0.4, 0.5) is 5.95 Å². The molecule has 7 nitrogen and oxygen atoms in total. The summed E-state index contributed by atoms with van der Waals surface area (Å²) in [5.41, 5.74) is 0. The second-order valence-electron chi connectivity index (χ2n) is 3.75. The Kier molecular flexibility index (Phi) is 4.88. The molecule has 0 amide bonds. The van der Waals surface area contributed by atoms with Gasteiger partial charge in [-0.05, 0) is 19.8 Å². The van der Waals surface area contributed by atoms with Crippen LogP contribution in [-0.4, -0.2) is 41.0 Å². The topological polar surface area (TPSA) is 91.0 Å². The van der Waals surface area contributed by atoms with Crippen LogP contribution in [0.25, 0.3) is 0 Å². The Morgan fingerprint density at radius 3 is 2.29 bits per heavy atom. The first kappa shape index (κ1) is 13.9. The van der Waals surface area contributed by atoms with Crippen LogP contribution in [0.3, 0.4) is 0 Å². The molecule has 1 heterocycles. The number of aromatic amines is 1. The number of nitrogens with zero attached hydrogens (tertiary/aromatic N) is 3. The van der Waals surface area contributed by atoms with E-state index in [1.807, 2.05) is 13.8 Å². The van der Waals surface area contributed by atoms with Crippen molar-refractivity contribution in [3.8, 4) is 0 Å². The van der Waals surface area contributed by atoms with Gasteiger partial charge in [0.1, 0.15) is 5.82 Å². The third kappa shape index (κ3) is 3.97. The van der Waals surface area contributed by atoms with E-state index in [2.05, 4.69) is 19.9 Å². The van der Waals surface area contributed by atoms with E-state index in [-0.39, 0.29) is 5.95 Å². The first-order valence-electron chi connectivity index (χ1n) is 5.66. The van der Waals surface area contributed by atoms with Crippen LogP contribution in [-0.2, 0) is 10.2 Å². The molecule has 0 saturated heterocycles. The third-order valence-electron chi connectivity index (χ3n) is 2.10. The van der Waals surface area contributed by atoms with E-state index in [0.717, 1.165) is 12.8 Å². The Hall–Kier alpha value is -1.15. The summed E-state index contributed by atoms with van der Waals surface area (Å²) in [6.45, 7) is 6.57. The highest BCUT2D eigenvalue weighted by Gasteiger charge is 2.21. The number of aromatic nitrogens is 3. The van der Waals surface area contributed by atoms with Crippen molar-refractivity contribution in [2.24, 2.45) is 0 Å². The third-order valence-corrected chi connectivity index (χ3v) is 3.59. The molecule has 0 spiro atoms. The second kappa shape index (κ2) is 5.97. The summed E-state index contributed by atoms with van der Waals surface area (Å²) in [5, 5.41) is 6.34. The van der Waals surface area contributed by atoms with Crippen LogP contribution >= 0.6 is 0 Å². The van der Waals surface area contributed by atoms with Crippen LogP contribution in [0.1, 0.15) is 32.5 Å². The van der Waals surface area contributed by atoms with E-state index in [4.69, 9.17) is 0 Å². The molecule has 2 N–H and O–H groups in total. The lowest BCUT2D eigenvalue weighted by Crippen LogP contribution is -2.37. The summed E-state index contributed by atoms with van der Waals surface area (Å²) in [6.07, 6.45) is 1.54. The molecule has 0 aliphatic heterocycles. The quantitative estimate of drug-likeness (QED) is 0.762. The molecule has 0 unspecified atom stereocenters. The monoisotopic (exact) mass is 261 g/mol. The van der Waals surface area contributed by atoms with Crippen LogP contribution in [0.15, 0.2) is 0 Å². The van der Waals surface area contributed by atoms with Crippen molar-refractivity contribution in [1.29, 1.82) is 0 Å². The molecule has 0 bridgehead atoms. The highest BCUT2D eigenvalue weighted by molar-refractivity contribution is 7.90. The van der Waals surface area contributed by atoms with E-state index in [0.29, 0.717) is 18.9 Å². The molecule has 0 fully saturated rings. The number of hydrogen-bond acceptors (Lipinski definition) is 4. The van der Waals surface area contributed by atoms with Gasteiger partial charge in [0, 0.05) is 13.1 Å².